The van der Waals surface area contributed by atoms with E-state index < -0.39 is 5.97 Å². The molecule has 0 bridgehead atoms. The van der Waals surface area contributed by atoms with Gasteiger partial charge < -0.3 is 14.5 Å². The van der Waals surface area contributed by atoms with E-state index in [2.05, 4.69) is 9.97 Å². The average Bonchev–Trinajstić information content (AvgIpc) is 2.83. The lowest BCUT2D eigenvalue weighted by molar-refractivity contribution is -0.131. The molecule has 16 heavy (non-hydrogen) atoms. The Bertz CT molecular complexity index is 523. The van der Waals surface area contributed by atoms with Crippen molar-refractivity contribution in [3.05, 3.63) is 35.9 Å². The highest BCUT2D eigenvalue weighted by Gasteiger charge is 2.08. The van der Waals surface area contributed by atoms with E-state index in [1.165, 1.54) is 6.08 Å². The van der Waals surface area contributed by atoms with Crippen molar-refractivity contribution in [2.75, 3.05) is 0 Å². The van der Waals surface area contributed by atoms with Crippen LogP contribution in [0.3, 0.4) is 0 Å². The van der Waals surface area contributed by atoms with E-state index >= 15 is 0 Å². The Labute approximate surface area is 91.4 Å². The maximum atomic E-state index is 10.4. The molecule has 0 atom stereocenters. The molecule has 5 nitrogen and oxygen atoms in total. The molecule has 2 rings (SSSR count). The summed E-state index contributed by atoms with van der Waals surface area (Å²) in [5.74, 6) is 0.215. The summed E-state index contributed by atoms with van der Waals surface area (Å²) in [6, 6.07) is 3.54. The van der Waals surface area contributed by atoms with E-state index in [4.69, 9.17) is 9.52 Å². The first-order valence-corrected chi connectivity index (χ1v) is 4.68. The molecule has 0 saturated carbocycles. The van der Waals surface area contributed by atoms with E-state index in [0.717, 1.165) is 11.8 Å². The van der Waals surface area contributed by atoms with Gasteiger partial charge in [-0.25, -0.2) is 9.78 Å². The highest BCUT2D eigenvalue weighted by Crippen LogP contribution is 2.18. The minimum atomic E-state index is -0.998. The molecule has 5 heteroatoms. The Morgan fingerprint density at radius 2 is 2.44 bits per heavy atom. The van der Waals surface area contributed by atoms with Crippen LogP contribution in [0.15, 0.2) is 28.9 Å². The third kappa shape index (κ3) is 2.03. The molecule has 0 spiro atoms. The number of furan rings is 1. The lowest BCUT2D eigenvalue weighted by Gasteiger charge is -1.86. The predicted octanol–water partition coefficient (Wildman–Crippen LogP) is 2.08. The molecule has 2 N–H and O–H groups in total. The summed E-state index contributed by atoms with van der Waals surface area (Å²) in [5.41, 5.74) is 1.39. The van der Waals surface area contributed by atoms with Crippen LogP contribution in [0, 0.1) is 6.92 Å². The number of nitrogens with zero attached hydrogens (tertiary/aromatic N) is 1. The van der Waals surface area contributed by atoms with Crippen LogP contribution in [-0.2, 0) is 4.79 Å². The van der Waals surface area contributed by atoms with Gasteiger partial charge in [0.1, 0.15) is 0 Å². The molecule has 2 aromatic rings. The molecule has 0 unspecified atom stereocenters. The number of carboxylic acid groups (broad SMARTS) is 1. The van der Waals surface area contributed by atoms with Crippen molar-refractivity contribution in [1.82, 2.24) is 9.97 Å². The van der Waals surface area contributed by atoms with Gasteiger partial charge in [-0.05, 0) is 25.1 Å². The number of rotatable bonds is 3. The van der Waals surface area contributed by atoms with Crippen LogP contribution in [0.25, 0.3) is 17.7 Å². The fourth-order valence-corrected chi connectivity index (χ4v) is 1.32. The lowest BCUT2D eigenvalue weighted by Crippen LogP contribution is -1.86. The largest absolute Gasteiger partial charge is 0.478 e. The quantitative estimate of drug-likeness (QED) is 0.773. The number of aromatic nitrogens is 2. The topological polar surface area (TPSA) is 79.1 Å². The van der Waals surface area contributed by atoms with Gasteiger partial charge in [-0.2, -0.15) is 0 Å². The van der Waals surface area contributed by atoms with Crippen LogP contribution in [0.1, 0.15) is 11.4 Å². The fourth-order valence-electron chi connectivity index (χ4n) is 1.32. The van der Waals surface area contributed by atoms with Gasteiger partial charge in [0.15, 0.2) is 11.6 Å². The van der Waals surface area contributed by atoms with Gasteiger partial charge in [0.05, 0.1) is 12.0 Å². The third-order valence-electron chi connectivity index (χ3n) is 2.06. The zero-order valence-electron chi connectivity index (χ0n) is 8.60. The number of carboxylic acids is 1. The molecule has 0 aliphatic rings. The summed E-state index contributed by atoms with van der Waals surface area (Å²) < 4.78 is 5.18. The molecule has 0 radical (unpaired) electrons. The Morgan fingerprint density at radius 3 is 3.06 bits per heavy atom. The number of aromatic amines is 1. The van der Waals surface area contributed by atoms with Crippen molar-refractivity contribution in [1.29, 1.82) is 0 Å². The van der Waals surface area contributed by atoms with Crippen molar-refractivity contribution < 1.29 is 14.3 Å². The summed E-state index contributed by atoms with van der Waals surface area (Å²) in [6.45, 7) is 1.82. The molecule has 2 heterocycles. The van der Waals surface area contributed by atoms with Gasteiger partial charge >= 0.3 is 5.97 Å². The minimum absolute atomic E-state index is 0.590. The highest BCUT2D eigenvalue weighted by atomic mass is 16.4. The summed E-state index contributed by atoms with van der Waals surface area (Å²) in [5, 5.41) is 8.51. The standard InChI is InChI=1S/C11H10N2O3/c1-7-8(4-5-10(14)15)13-11(12-7)9-3-2-6-16-9/h2-6H,1H3,(H,12,13)(H,14,15)/b5-4+. The Hall–Kier alpha value is -2.30. The summed E-state index contributed by atoms with van der Waals surface area (Å²) >= 11 is 0. The van der Waals surface area contributed by atoms with Crippen molar-refractivity contribution in [2.45, 2.75) is 6.92 Å². The molecule has 2 aromatic heterocycles. The third-order valence-corrected chi connectivity index (χ3v) is 2.06. The second-order valence-electron chi connectivity index (χ2n) is 3.24. The molecule has 0 aliphatic heterocycles. The van der Waals surface area contributed by atoms with Crippen LogP contribution < -0.4 is 0 Å². The van der Waals surface area contributed by atoms with Gasteiger partial charge in [0.2, 0.25) is 0 Å². The van der Waals surface area contributed by atoms with Crippen molar-refractivity contribution in [2.24, 2.45) is 0 Å². The molecule has 82 valence electrons. The lowest BCUT2D eigenvalue weighted by atomic mass is 10.3. The molecule has 0 aliphatic carbocycles. The number of imidazole rings is 1. The molecule has 0 amide bonds. The van der Waals surface area contributed by atoms with Gasteiger partial charge in [-0.1, -0.05) is 0 Å². The smallest absolute Gasteiger partial charge is 0.328 e. The first kappa shape index (κ1) is 10.2. The second kappa shape index (κ2) is 4.06. The maximum absolute atomic E-state index is 10.4. The maximum Gasteiger partial charge on any atom is 0.328 e. The molecular formula is C11H10N2O3. The van der Waals surface area contributed by atoms with Gasteiger partial charge in [-0.3, -0.25) is 0 Å². The molecule has 0 fully saturated rings. The molecule has 0 aromatic carbocycles. The average molecular weight is 218 g/mol. The normalized spacial score (nSPS) is 11.1. The first-order valence-electron chi connectivity index (χ1n) is 4.68. The predicted molar refractivity (Wildman–Crippen MR) is 57.7 cm³/mol. The number of hydrogen-bond donors (Lipinski definition) is 2. The zero-order valence-corrected chi connectivity index (χ0v) is 8.60. The van der Waals surface area contributed by atoms with E-state index in [9.17, 15) is 4.79 Å². The van der Waals surface area contributed by atoms with E-state index in [-0.39, 0.29) is 0 Å². The zero-order chi connectivity index (χ0) is 11.5. The second-order valence-corrected chi connectivity index (χ2v) is 3.24. The van der Waals surface area contributed by atoms with Crippen LogP contribution in [0.5, 0.6) is 0 Å². The van der Waals surface area contributed by atoms with E-state index in [0.29, 0.717) is 17.3 Å². The SMILES string of the molecule is Cc1[nH]c(-c2ccco2)nc1/C=C/C(=O)O. The van der Waals surface area contributed by atoms with Crippen molar-refractivity contribution >= 4 is 12.0 Å². The number of aliphatic carboxylic acids is 1. The number of hydrogen-bond acceptors (Lipinski definition) is 3. The first-order chi connectivity index (χ1) is 7.66. The molecule has 0 saturated heterocycles. The van der Waals surface area contributed by atoms with Crippen molar-refractivity contribution in [3.8, 4) is 11.6 Å². The van der Waals surface area contributed by atoms with Crippen LogP contribution in [0.4, 0.5) is 0 Å². The number of aryl methyl sites for hydroxylation is 1. The molecular weight excluding hydrogens is 208 g/mol. The number of carbonyl (C=O) groups is 1. The Morgan fingerprint density at radius 1 is 1.62 bits per heavy atom. The number of H-pyrrole nitrogens is 1. The van der Waals surface area contributed by atoms with Crippen LogP contribution in [0.2, 0.25) is 0 Å². The summed E-state index contributed by atoms with van der Waals surface area (Å²) in [4.78, 5) is 17.6. The Kier molecular flexibility index (Phi) is 2.59. The minimum Gasteiger partial charge on any atom is -0.478 e. The van der Waals surface area contributed by atoms with Crippen LogP contribution >= 0.6 is 0 Å². The van der Waals surface area contributed by atoms with Crippen LogP contribution in [-0.4, -0.2) is 21.0 Å². The van der Waals surface area contributed by atoms with E-state index in [1.54, 1.807) is 18.4 Å². The van der Waals surface area contributed by atoms with Gasteiger partial charge in [0.25, 0.3) is 0 Å². The summed E-state index contributed by atoms with van der Waals surface area (Å²) in [6.07, 6.45) is 4.05. The van der Waals surface area contributed by atoms with E-state index in [1.807, 2.05) is 6.92 Å². The number of nitrogens with one attached hydrogen (secondary N) is 1. The monoisotopic (exact) mass is 218 g/mol. The fraction of sp³-hybridized carbons (Fsp3) is 0.0909. The van der Waals surface area contributed by atoms with Gasteiger partial charge in [0, 0.05) is 11.8 Å². The summed E-state index contributed by atoms with van der Waals surface area (Å²) in [7, 11) is 0. The highest BCUT2D eigenvalue weighted by molar-refractivity contribution is 5.85. The Balaban J connectivity index is 2.32. The van der Waals surface area contributed by atoms with Gasteiger partial charge in [-0.15, -0.1) is 0 Å². The van der Waals surface area contributed by atoms with Crippen molar-refractivity contribution in [3.63, 3.8) is 0 Å².